The molecule has 0 aliphatic heterocycles. The average Bonchev–Trinajstić information content (AvgIpc) is 2.38. The van der Waals surface area contributed by atoms with Gasteiger partial charge in [0.2, 0.25) is 0 Å². The van der Waals surface area contributed by atoms with Gasteiger partial charge in [-0.25, -0.2) is 0 Å². The molecule has 1 aromatic carbocycles. The van der Waals surface area contributed by atoms with Gasteiger partial charge in [-0.3, -0.25) is 9.59 Å². The Morgan fingerprint density at radius 1 is 1.44 bits per heavy atom. The van der Waals surface area contributed by atoms with Crippen molar-refractivity contribution in [1.82, 2.24) is 5.32 Å². The summed E-state index contributed by atoms with van der Waals surface area (Å²) in [5, 5.41) is 11.8. The molecule has 2 aromatic rings. The summed E-state index contributed by atoms with van der Waals surface area (Å²) in [6.45, 7) is 1.47. The molecule has 18 heavy (non-hydrogen) atoms. The number of aliphatic hydroxyl groups is 1. The fraction of sp³-hybridized carbons (Fsp3) is 0.231. The number of para-hydroxylation sites is 1. The number of rotatable bonds is 3. The standard InChI is InChI=1S/C13H13NO4/c1-8(7-15)14-13(17)12-6-10(16)9-4-2-3-5-11(9)18-12/h2-6,8,15H,7H2,1H3,(H,14,17). The molecular weight excluding hydrogens is 234 g/mol. The minimum absolute atomic E-state index is 0.0565. The van der Waals surface area contributed by atoms with Crippen molar-refractivity contribution in [3.05, 3.63) is 46.3 Å². The fourth-order valence-corrected chi connectivity index (χ4v) is 1.56. The van der Waals surface area contributed by atoms with Crippen molar-refractivity contribution < 1.29 is 14.3 Å². The van der Waals surface area contributed by atoms with Gasteiger partial charge in [-0.2, -0.15) is 0 Å². The zero-order valence-electron chi connectivity index (χ0n) is 9.84. The molecular formula is C13H13NO4. The van der Waals surface area contributed by atoms with Crippen molar-refractivity contribution in [1.29, 1.82) is 0 Å². The van der Waals surface area contributed by atoms with Gasteiger partial charge in [0.15, 0.2) is 11.2 Å². The van der Waals surface area contributed by atoms with E-state index in [1.54, 1.807) is 31.2 Å². The molecule has 0 radical (unpaired) electrons. The first kappa shape index (κ1) is 12.3. The first-order valence-electron chi connectivity index (χ1n) is 5.56. The van der Waals surface area contributed by atoms with Crippen LogP contribution in [-0.4, -0.2) is 23.7 Å². The van der Waals surface area contributed by atoms with Gasteiger partial charge in [-0.1, -0.05) is 12.1 Å². The average molecular weight is 247 g/mol. The molecule has 0 aliphatic rings. The summed E-state index contributed by atoms with van der Waals surface area (Å²) in [5.74, 6) is -0.571. The van der Waals surface area contributed by atoms with Crippen LogP contribution in [0.4, 0.5) is 0 Å². The second kappa shape index (κ2) is 5.01. The lowest BCUT2D eigenvalue weighted by Crippen LogP contribution is -2.35. The number of hydrogen-bond donors (Lipinski definition) is 2. The minimum Gasteiger partial charge on any atom is -0.451 e. The van der Waals surface area contributed by atoms with Crippen LogP contribution >= 0.6 is 0 Å². The minimum atomic E-state index is -0.514. The SMILES string of the molecule is CC(CO)NC(=O)c1cc(=O)c2ccccc2o1. The van der Waals surface area contributed by atoms with Crippen LogP contribution in [0.3, 0.4) is 0 Å². The molecule has 2 N–H and O–H groups in total. The maximum atomic E-state index is 11.8. The molecule has 0 saturated heterocycles. The number of aliphatic hydroxyl groups excluding tert-OH is 1. The number of benzene rings is 1. The van der Waals surface area contributed by atoms with Crippen LogP contribution in [0, 0.1) is 0 Å². The highest BCUT2D eigenvalue weighted by Gasteiger charge is 2.13. The summed E-state index contributed by atoms with van der Waals surface area (Å²) in [7, 11) is 0. The number of carbonyl (C=O) groups excluding carboxylic acids is 1. The molecule has 5 nitrogen and oxygen atoms in total. The van der Waals surface area contributed by atoms with Gasteiger partial charge in [0, 0.05) is 12.1 Å². The molecule has 94 valence electrons. The van der Waals surface area contributed by atoms with Gasteiger partial charge in [0.25, 0.3) is 5.91 Å². The maximum Gasteiger partial charge on any atom is 0.287 e. The Morgan fingerprint density at radius 2 is 2.17 bits per heavy atom. The number of nitrogens with one attached hydrogen (secondary N) is 1. The second-order valence-corrected chi connectivity index (χ2v) is 4.03. The van der Waals surface area contributed by atoms with Gasteiger partial charge in [0.1, 0.15) is 5.58 Å². The van der Waals surface area contributed by atoms with Gasteiger partial charge >= 0.3 is 0 Å². The van der Waals surface area contributed by atoms with E-state index < -0.39 is 11.9 Å². The number of carbonyl (C=O) groups is 1. The molecule has 0 spiro atoms. The predicted octanol–water partition coefficient (Wildman–Crippen LogP) is 0.904. The summed E-state index contributed by atoms with van der Waals surface area (Å²) in [6.07, 6.45) is 0. The lowest BCUT2D eigenvalue weighted by atomic mass is 10.2. The van der Waals surface area contributed by atoms with Crippen LogP contribution in [0.25, 0.3) is 11.0 Å². The zero-order valence-corrected chi connectivity index (χ0v) is 9.84. The maximum absolute atomic E-state index is 11.8. The van der Waals surface area contributed by atoms with Crippen LogP contribution in [0.2, 0.25) is 0 Å². The summed E-state index contributed by atoms with van der Waals surface area (Å²) in [5.41, 5.74) is 0.102. The molecule has 1 atom stereocenters. The summed E-state index contributed by atoms with van der Waals surface area (Å²) >= 11 is 0. The molecule has 0 fully saturated rings. The van der Waals surface area contributed by atoms with Crippen LogP contribution < -0.4 is 10.7 Å². The van der Waals surface area contributed by atoms with Crippen molar-refractivity contribution in [3.8, 4) is 0 Å². The Hall–Kier alpha value is -2.14. The van der Waals surface area contributed by atoms with Crippen molar-refractivity contribution in [2.45, 2.75) is 13.0 Å². The van der Waals surface area contributed by atoms with Crippen LogP contribution in [0.5, 0.6) is 0 Å². The highest BCUT2D eigenvalue weighted by molar-refractivity contribution is 5.93. The third-order valence-electron chi connectivity index (χ3n) is 2.51. The molecule has 0 aliphatic carbocycles. The molecule has 2 rings (SSSR count). The molecule has 1 aromatic heterocycles. The van der Waals surface area contributed by atoms with Crippen LogP contribution in [0.1, 0.15) is 17.5 Å². The Bertz CT molecular complexity index is 632. The number of fused-ring (bicyclic) bond motifs is 1. The van der Waals surface area contributed by atoms with E-state index in [0.717, 1.165) is 6.07 Å². The Balaban J connectivity index is 2.41. The van der Waals surface area contributed by atoms with E-state index in [2.05, 4.69) is 5.32 Å². The molecule has 0 saturated carbocycles. The molecule has 1 amide bonds. The lowest BCUT2D eigenvalue weighted by molar-refractivity contribution is 0.0895. The number of hydrogen-bond acceptors (Lipinski definition) is 4. The van der Waals surface area contributed by atoms with Crippen LogP contribution in [0.15, 0.2) is 39.5 Å². The highest BCUT2D eigenvalue weighted by atomic mass is 16.3. The fourth-order valence-electron chi connectivity index (χ4n) is 1.56. The Kier molecular flexibility index (Phi) is 3.43. The largest absolute Gasteiger partial charge is 0.451 e. The zero-order chi connectivity index (χ0) is 13.1. The van der Waals surface area contributed by atoms with Gasteiger partial charge in [0.05, 0.1) is 12.0 Å². The van der Waals surface area contributed by atoms with Crippen molar-refractivity contribution in [2.24, 2.45) is 0 Å². The molecule has 5 heteroatoms. The highest BCUT2D eigenvalue weighted by Crippen LogP contribution is 2.11. The lowest BCUT2D eigenvalue weighted by Gasteiger charge is -2.10. The van der Waals surface area contributed by atoms with Gasteiger partial charge < -0.3 is 14.8 Å². The summed E-state index contributed by atoms with van der Waals surface area (Å²) in [4.78, 5) is 23.5. The monoisotopic (exact) mass is 247 g/mol. The summed E-state index contributed by atoms with van der Waals surface area (Å²) < 4.78 is 5.36. The Morgan fingerprint density at radius 3 is 2.89 bits per heavy atom. The normalized spacial score (nSPS) is 12.3. The third-order valence-corrected chi connectivity index (χ3v) is 2.51. The van der Waals surface area contributed by atoms with E-state index in [1.165, 1.54) is 0 Å². The van der Waals surface area contributed by atoms with Crippen LogP contribution in [-0.2, 0) is 0 Å². The topological polar surface area (TPSA) is 79.5 Å². The Labute approximate surface area is 103 Å². The van der Waals surface area contributed by atoms with Crippen molar-refractivity contribution in [2.75, 3.05) is 6.61 Å². The van der Waals surface area contributed by atoms with E-state index in [9.17, 15) is 9.59 Å². The molecule has 0 bridgehead atoms. The van der Waals surface area contributed by atoms with Gasteiger partial charge in [-0.05, 0) is 19.1 Å². The van der Waals surface area contributed by atoms with Gasteiger partial charge in [-0.15, -0.1) is 0 Å². The quantitative estimate of drug-likeness (QED) is 0.844. The van der Waals surface area contributed by atoms with E-state index in [1.807, 2.05) is 0 Å². The van der Waals surface area contributed by atoms with Crippen molar-refractivity contribution >= 4 is 16.9 Å². The van der Waals surface area contributed by atoms with E-state index in [-0.39, 0.29) is 17.8 Å². The third kappa shape index (κ3) is 2.41. The molecule has 1 unspecified atom stereocenters. The first-order valence-corrected chi connectivity index (χ1v) is 5.56. The smallest absolute Gasteiger partial charge is 0.287 e. The van der Waals surface area contributed by atoms with E-state index in [0.29, 0.717) is 11.0 Å². The number of amides is 1. The predicted molar refractivity (Wildman–Crippen MR) is 66.5 cm³/mol. The van der Waals surface area contributed by atoms with Crippen molar-refractivity contribution in [3.63, 3.8) is 0 Å². The first-order chi connectivity index (χ1) is 8.61. The summed E-state index contributed by atoms with van der Waals surface area (Å²) in [6, 6.07) is 7.48. The van der Waals surface area contributed by atoms with E-state index in [4.69, 9.17) is 9.52 Å². The molecule has 1 heterocycles. The van der Waals surface area contributed by atoms with E-state index >= 15 is 0 Å². The second-order valence-electron chi connectivity index (χ2n) is 4.03.